The van der Waals surface area contributed by atoms with Crippen molar-refractivity contribution in [3.05, 3.63) is 0 Å². The Bertz CT molecular complexity index is 1530. The van der Waals surface area contributed by atoms with Gasteiger partial charge < -0.3 is 174 Å². The Balaban J connectivity index is 0.00000206. The number of aliphatic hydroxyl groups excluding tert-OH is 21. The van der Waals surface area contributed by atoms with Gasteiger partial charge in [-0.15, -0.1) is 0 Å². The standard InChI is InChI=1S/C42H70O35.C4H8/c43-1-8-29-15(50)22(57)36(64-8)72-30-9(2-44)66-38(24(59)17(30)52)74-32-11(4-46)68-40(26(61)19(32)54)76-34-13(6-48)70-42(28(63)21(34)56)77-35-14(7-49)69-41(27(62)20(35)55)75-33-12(5-47)67-39(25(60)18(33)53)73-31-10(3-45)65-37(71-29)23(58)16(31)51;1-2-4-3-1/h8-63H,1-7H2;1-4H2/t8?,9?,10?,11?,12?,13?,14?,15-,16-,17-,18-,19-,20-,21-,22?,23?,24?,25?,26?,27?,28?,29-,30-,31-,32-,33-,34-,35-,36-,37-,38-,39-,40+,41+,42+;/m1./s1. The molecule has 35 heteroatoms. The first-order chi connectivity index (χ1) is 38.7. The van der Waals surface area contributed by atoms with Crippen LogP contribution in [0, 0.1) is 0 Å². The molecule has 0 aromatic heterocycles. The third kappa shape index (κ3) is 13.5. The molecule has 0 spiro atoms. The molecule has 0 aromatic rings. The van der Waals surface area contributed by atoms with Gasteiger partial charge >= 0.3 is 0 Å². The summed E-state index contributed by atoms with van der Waals surface area (Å²) in [4.78, 5) is 0. The van der Waals surface area contributed by atoms with E-state index in [0.717, 1.165) is 0 Å². The molecule has 21 aliphatic heterocycles. The zero-order valence-electron chi connectivity index (χ0n) is 43.1. The van der Waals surface area contributed by atoms with Crippen molar-refractivity contribution in [3.63, 3.8) is 0 Å². The molecule has 22 aliphatic rings. The average molecular weight is 1190 g/mol. The van der Waals surface area contributed by atoms with E-state index >= 15 is 0 Å². The van der Waals surface area contributed by atoms with Gasteiger partial charge in [-0.2, -0.15) is 0 Å². The summed E-state index contributed by atoms with van der Waals surface area (Å²) in [6.07, 6.45) is -64.2. The van der Waals surface area contributed by atoms with Crippen LogP contribution in [0.15, 0.2) is 0 Å². The van der Waals surface area contributed by atoms with Crippen LogP contribution in [0.2, 0.25) is 0 Å². The lowest BCUT2D eigenvalue weighted by Gasteiger charge is -2.50. The first-order valence-corrected chi connectivity index (χ1v) is 26.6. The highest BCUT2D eigenvalue weighted by molar-refractivity contribution is 5.01. The second-order valence-electron chi connectivity index (χ2n) is 21.1. The highest BCUT2D eigenvalue weighted by Crippen LogP contribution is 2.39. The van der Waals surface area contributed by atoms with Crippen LogP contribution in [0.5, 0.6) is 0 Å². The molecule has 0 radical (unpaired) electrons. The van der Waals surface area contributed by atoms with Crippen LogP contribution in [-0.4, -0.2) is 368 Å². The predicted molar refractivity (Wildman–Crippen MR) is 247 cm³/mol. The summed E-state index contributed by atoms with van der Waals surface area (Å²) in [7, 11) is 0. The number of hydrogen-bond donors (Lipinski definition) is 21. The Hall–Kier alpha value is -1.40. The Morgan fingerprint density at radius 3 is 0.370 bits per heavy atom. The van der Waals surface area contributed by atoms with Crippen LogP contribution < -0.4 is 0 Å². The van der Waals surface area contributed by atoms with Gasteiger partial charge in [0.1, 0.15) is 171 Å². The summed E-state index contributed by atoms with van der Waals surface area (Å²) in [5.74, 6) is 0. The van der Waals surface area contributed by atoms with E-state index in [2.05, 4.69) is 0 Å². The third-order valence-corrected chi connectivity index (χ3v) is 15.8. The number of rotatable bonds is 7. The topological polar surface area (TPSA) is 554 Å². The fraction of sp³-hybridized carbons (Fsp3) is 1.00. The van der Waals surface area contributed by atoms with Crippen molar-refractivity contribution in [1.29, 1.82) is 0 Å². The van der Waals surface area contributed by atoms with Crippen molar-refractivity contribution >= 4 is 0 Å². The summed E-state index contributed by atoms with van der Waals surface area (Å²) >= 11 is 0. The summed E-state index contributed by atoms with van der Waals surface area (Å²) in [5.41, 5.74) is 0. The molecule has 14 unspecified atom stereocenters. The Morgan fingerprint density at radius 1 is 0.173 bits per heavy atom. The third-order valence-electron chi connectivity index (χ3n) is 15.8. The highest BCUT2D eigenvalue weighted by atomic mass is 16.8. The molecule has 22 rings (SSSR count). The second kappa shape index (κ2) is 28.6. The van der Waals surface area contributed by atoms with E-state index < -0.39 is 261 Å². The first-order valence-electron chi connectivity index (χ1n) is 26.6. The zero-order chi connectivity index (χ0) is 58.9. The van der Waals surface area contributed by atoms with Gasteiger partial charge in [-0.25, -0.2) is 0 Å². The van der Waals surface area contributed by atoms with Gasteiger partial charge in [0, 0.05) is 0 Å². The smallest absolute Gasteiger partial charge is 0.187 e. The molecule has 22 fully saturated rings. The molecule has 0 aromatic carbocycles. The van der Waals surface area contributed by atoms with Crippen molar-refractivity contribution in [2.24, 2.45) is 0 Å². The maximum absolute atomic E-state index is 11.3. The SMILES string of the molecule is C1CCC1.OCC1O[C@@H]2O[C@@H]3C(CO)O[C@H](O[C@@H]4C(CO)O[C@@H](O[C@@H]5C(CO)O[C@@H](O[C@@H]6C(CO)O[C@@H](O[C@@H]7C(CO)O[C@H](O[C@@H]8C(CO)O[C@H](O[C@H]1[C@H](O)C2O)C(O)[C@H]8O)C(O)[C@H]7O)C(O)[C@H]6O)C(O)[C@H]5O)C(O)[C@H]4O)C(O)[C@H]3O. The van der Waals surface area contributed by atoms with Gasteiger partial charge in [-0.1, -0.05) is 25.7 Å². The van der Waals surface area contributed by atoms with Crippen LogP contribution in [-0.2, 0) is 66.3 Å². The maximum Gasteiger partial charge on any atom is 0.187 e. The fourth-order valence-electron chi connectivity index (χ4n) is 10.7. The molecule has 21 saturated heterocycles. The van der Waals surface area contributed by atoms with Crippen molar-refractivity contribution in [1.82, 2.24) is 0 Å². The molecule has 35 atom stereocenters. The summed E-state index contributed by atoms with van der Waals surface area (Å²) in [6.45, 7) is -7.33. The van der Waals surface area contributed by atoms with Crippen LogP contribution in [0.3, 0.4) is 0 Å². The van der Waals surface area contributed by atoms with E-state index in [-0.39, 0.29) is 0 Å². The van der Waals surface area contributed by atoms with Crippen LogP contribution >= 0.6 is 0 Å². The number of hydrogen-bond acceptors (Lipinski definition) is 35. The first kappa shape index (κ1) is 65.6. The highest BCUT2D eigenvalue weighted by Gasteiger charge is 2.59. The minimum atomic E-state index is -2.21. The minimum Gasteiger partial charge on any atom is -0.394 e. The monoisotopic (exact) mass is 1190 g/mol. The molecule has 81 heavy (non-hydrogen) atoms. The molecule has 1 aliphatic carbocycles. The van der Waals surface area contributed by atoms with Gasteiger partial charge in [0.2, 0.25) is 0 Å². The molecule has 0 amide bonds. The lowest BCUT2D eigenvalue weighted by molar-refractivity contribution is -0.396. The van der Waals surface area contributed by atoms with E-state index in [1.165, 1.54) is 25.7 Å². The van der Waals surface area contributed by atoms with Crippen molar-refractivity contribution in [2.45, 2.75) is 241 Å². The van der Waals surface area contributed by atoms with Gasteiger partial charge in [0.05, 0.1) is 46.2 Å². The lowest BCUT2D eigenvalue weighted by atomic mass is 9.95. The van der Waals surface area contributed by atoms with E-state index in [9.17, 15) is 107 Å². The zero-order valence-corrected chi connectivity index (χ0v) is 43.1. The lowest BCUT2D eigenvalue weighted by Crippen LogP contribution is -2.68. The Kier molecular flexibility index (Phi) is 23.2. The van der Waals surface area contributed by atoms with Crippen LogP contribution in [0.25, 0.3) is 0 Å². The Morgan fingerprint density at radius 2 is 0.284 bits per heavy atom. The van der Waals surface area contributed by atoms with Gasteiger partial charge in [0.25, 0.3) is 0 Å². The largest absolute Gasteiger partial charge is 0.394 e. The second-order valence-corrected chi connectivity index (χ2v) is 21.1. The van der Waals surface area contributed by atoms with Crippen LogP contribution in [0.1, 0.15) is 25.7 Å². The van der Waals surface area contributed by atoms with Gasteiger partial charge in [0.15, 0.2) is 44.0 Å². The van der Waals surface area contributed by atoms with E-state index in [1.54, 1.807) is 0 Å². The molecule has 472 valence electrons. The van der Waals surface area contributed by atoms with Crippen molar-refractivity contribution in [3.8, 4) is 0 Å². The average Bonchev–Trinajstić information content (AvgIpc) is 3.52. The van der Waals surface area contributed by atoms with Crippen molar-refractivity contribution < 1.29 is 174 Å². The maximum atomic E-state index is 11.3. The quantitative estimate of drug-likeness (QED) is 0.113. The molecule has 21 heterocycles. The molecular weight excluding hydrogens is 1110 g/mol. The Labute approximate surface area is 459 Å². The van der Waals surface area contributed by atoms with Gasteiger partial charge in [-0.05, 0) is 0 Å². The molecule has 1 saturated carbocycles. The number of ether oxygens (including phenoxy) is 14. The molecular formula is C46H78O35. The molecule has 35 nitrogen and oxygen atoms in total. The van der Waals surface area contributed by atoms with Crippen LogP contribution in [0.4, 0.5) is 0 Å². The summed E-state index contributed by atoms with van der Waals surface area (Å²) < 4.78 is 79.5. The van der Waals surface area contributed by atoms with E-state index in [4.69, 9.17) is 66.3 Å². The normalized spacial score (nSPS) is 53.8. The summed E-state index contributed by atoms with van der Waals surface area (Å²) in [5, 5.41) is 230. The minimum absolute atomic E-state index is 1.05. The summed E-state index contributed by atoms with van der Waals surface area (Å²) in [6, 6.07) is 0. The van der Waals surface area contributed by atoms with Gasteiger partial charge in [-0.3, -0.25) is 0 Å². The molecule has 21 N–H and O–H groups in total. The van der Waals surface area contributed by atoms with Crippen molar-refractivity contribution in [2.75, 3.05) is 46.2 Å². The fourth-order valence-corrected chi connectivity index (χ4v) is 10.7. The predicted octanol–water partition coefficient (Wildman–Crippen LogP) is -13.7. The van der Waals surface area contributed by atoms with E-state index in [0.29, 0.717) is 0 Å². The number of aliphatic hydroxyl groups is 21. The molecule has 14 bridgehead atoms. The van der Waals surface area contributed by atoms with E-state index in [1.807, 2.05) is 0 Å².